The van der Waals surface area contributed by atoms with Gasteiger partial charge in [-0.05, 0) is 25.1 Å². The molecule has 4 rings (SSSR count). The van der Waals surface area contributed by atoms with Crippen LogP contribution in [0.3, 0.4) is 0 Å². The van der Waals surface area contributed by atoms with Gasteiger partial charge in [-0.15, -0.1) is 0 Å². The molecule has 128 valence electrons. The second-order valence-corrected chi connectivity index (χ2v) is 6.15. The first kappa shape index (κ1) is 15.7. The van der Waals surface area contributed by atoms with Crippen LogP contribution in [0.5, 0.6) is 0 Å². The van der Waals surface area contributed by atoms with Gasteiger partial charge in [0.2, 0.25) is 0 Å². The monoisotopic (exact) mass is 336 g/mol. The number of nitrogens with zero attached hydrogens (tertiary/aromatic N) is 4. The van der Waals surface area contributed by atoms with Crippen LogP contribution in [-0.4, -0.2) is 45.3 Å². The second-order valence-electron chi connectivity index (χ2n) is 6.15. The smallest absolute Gasteiger partial charge is 0.251 e. The number of amides is 1. The predicted molar refractivity (Wildman–Crippen MR) is 94.3 cm³/mol. The number of hydrogen-bond donors (Lipinski definition) is 2. The van der Waals surface area contributed by atoms with Crippen LogP contribution in [0.4, 0.5) is 0 Å². The van der Waals surface area contributed by atoms with Crippen LogP contribution in [0, 0.1) is 0 Å². The summed E-state index contributed by atoms with van der Waals surface area (Å²) in [6, 6.07) is 9.20. The average Bonchev–Trinajstić information content (AvgIpc) is 3.30. The van der Waals surface area contributed by atoms with E-state index < -0.39 is 0 Å². The average molecular weight is 336 g/mol. The molecule has 25 heavy (non-hydrogen) atoms. The summed E-state index contributed by atoms with van der Waals surface area (Å²) in [6.45, 7) is 2.98. The molecule has 0 bridgehead atoms. The van der Waals surface area contributed by atoms with Crippen molar-refractivity contribution in [3.05, 3.63) is 54.0 Å². The molecule has 0 spiro atoms. The summed E-state index contributed by atoms with van der Waals surface area (Å²) < 4.78 is 1.85. The van der Waals surface area contributed by atoms with Gasteiger partial charge in [0.25, 0.3) is 5.91 Å². The van der Waals surface area contributed by atoms with Crippen LogP contribution >= 0.6 is 0 Å². The van der Waals surface area contributed by atoms with Crippen molar-refractivity contribution in [1.82, 2.24) is 30.4 Å². The molecular weight excluding hydrogens is 316 g/mol. The van der Waals surface area contributed by atoms with Crippen LogP contribution in [0.15, 0.2) is 42.7 Å². The van der Waals surface area contributed by atoms with Gasteiger partial charge >= 0.3 is 0 Å². The Bertz CT molecular complexity index is 870. The molecule has 1 fully saturated rings. The van der Waals surface area contributed by atoms with Gasteiger partial charge in [-0.1, -0.05) is 18.2 Å². The van der Waals surface area contributed by atoms with Gasteiger partial charge in [0, 0.05) is 37.0 Å². The zero-order valence-electron chi connectivity index (χ0n) is 13.9. The van der Waals surface area contributed by atoms with Crippen molar-refractivity contribution in [2.24, 2.45) is 0 Å². The maximum absolute atomic E-state index is 12.1. The molecule has 1 atom stereocenters. The first-order valence-corrected chi connectivity index (χ1v) is 8.54. The van der Waals surface area contributed by atoms with Gasteiger partial charge in [-0.25, -0.2) is 14.6 Å². The van der Waals surface area contributed by atoms with Crippen molar-refractivity contribution in [2.75, 3.05) is 19.6 Å². The molecule has 1 saturated heterocycles. The van der Waals surface area contributed by atoms with Crippen LogP contribution in [0.25, 0.3) is 11.2 Å². The van der Waals surface area contributed by atoms with Crippen molar-refractivity contribution in [2.45, 2.75) is 18.9 Å². The lowest BCUT2D eigenvalue weighted by molar-refractivity contribution is 0.0952. The Morgan fingerprint density at radius 1 is 1.24 bits per heavy atom. The Hall–Kier alpha value is -2.80. The molecule has 1 unspecified atom stereocenters. The molecule has 1 amide bonds. The molecule has 1 aliphatic heterocycles. The fourth-order valence-corrected chi connectivity index (χ4v) is 3.21. The Morgan fingerprint density at radius 3 is 2.88 bits per heavy atom. The Morgan fingerprint density at radius 2 is 2.08 bits per heavy atom. The topological polar surface area (TPSA) is 84.7 Å². The summed E-state index contributed by atoms with van der Waals surface area (Å²) in [6.07, 6.45) is 4.45. The minimum atomic E-state index is -0.0802. The molecular formula is C18H20N6O. The Kier molecular flexibility index (Phi) is 4.39. The predicted octanol–water partition coefficient (Wildman–Crippen LogP) is 1.33. The van der Waals surface area contributed by atoms with E-state index >= 15 is 0 Å². The van der Waals surface area contributed by atoms with Crippen molar-refractivity contribution < 1.29 is 4.79 Å². The largest absolute Gasteiger partial charge is 0.350 e. The zero-order chi connectivity index (χ0) is 17.1. The van der Waals surface area contributed by atoms with Gasteiger partial charge in [0.1, 0.15) is 5.52 Å². The highest BCUT2D eigenvalue weighted by atomic mass is 16.1. The van der Waals surface area contributed by atoms with E-state index in [2.05, 4.69) is 20.6 Å². The third kappa shape index (κ3) is 3.23. The molecule has 0 saturated carbocycles. The maximum atomic E-state index is 12.1. The minimum Gasteiger partial charge on any atom is -0.350 e. The van der Waals surface area contributed by atoms with E-state index in [1.54, 1.807) is 24.5 Å². The van der Waals surface area contributed by atoms with E-state index in [0.717, 1.165) is 36.4 Å². The number of aromatic nitrogens is 4. The number of fused-ring (bicyclic) bond motifs is 1. The van der Waals surface area contributed by atoms with Crippen molar-refractivity contribution in [3.8, 4) is 0 Å². The van der Waals surface area contributed by atoms with E-state index in [1.165, 1.54) is 0 Å². The number of hydrogen-bond acceptors (Lipinski definition) is 5. The highest BCUT2D eigenvalue weighted by Crippen LogP contribution is 2.26. The van der Waals surface area contributed by atoms with E-state index in [1.807, 2.05) is 22.9 Å². The lowest BCUT2D eigenvalue weighted by Crippen LogP contribution is -2.27. The Labute approximate surface area is 145 Å². The van der Waals surface area contributed by atoms with E-state index in [0.29, 0.717) is 24.6 Å². The van der Waals surface area contributed by atoms with Crippen LogP contribution in [-0.2, 0) is 6.54 Å². The maximum Gasteiger partial charge on any atom is 0.251 e. The molecule has 3 heterocycles. The van der Waals surface area contributed by atoms with E-state index in [-0.39, 0.29) is 5.91 Å². The van der Waals surface area contributed by atoms with Crippen molar-refractivity contribution in [1.29, 1.82) is 0 Å². The normalized spacial score (nSPS) is 17.0. The first-order chi connectivity index (χ1) is 12.3. The molecule has 3 aromatic rings. The van der Waals surface area contributed by atoms with Gasteiger partial charge in [0.15, 0.2) is 5.65 Å². The number of nitrogens with one attached hydrogen (secondary N) is 2. The molecule has 7 nitrogen and oxygen atoms in total. The molecule has 2 aromatic heterocycles. The fourth-order valence-electron chi connectivity index (χ4n) is 3.21. The van der Waals surface area contributed by atoms with Crippen LogP contribution in [0.2, 0.25) is 0 Å². The molecule has 0 aliphatic carbocycles. The standard InChI is InChI=1S/C18H20N6O/c25-18(13-4-2-1-3-5-13)22-10-11-24-17-16(20-8-9-21-17)15(23-24)14-6-7-19-12-14/h1-5,8-9,14,19H,6-7,10-12H2,(H,22,25). The number of benzene rings is 1. The molecule has 1 aliphatic rings. The third-order valence-corrected chi connectivity index (χ3v) is 4.49. The SMILES string of the molecule is O=C(NCCn1nc(C2CCNC2)c2nccnc21)c1ccccc1. The first-order valence-electron chi connectivity index (χ1n) is 8.54. The molecule has 1 aromatic carbocycles. The van der Waals surface area contributed by atoms with Crippen molar-refractivity contribution >= 4 is 17.1 Å². The lowest BCUT2D eigenvalue weighted by atomic mass is 10.0. The van der Waals surface area contributed by atoms with Gasteiger partial charge in [-0.3, -0.25) is 4.79 Å². The van der Waals surface area contributed by atoms with Gasteiger partial charge in [-0.2, -0.15) is 5.10 Å². The summed E-state index contributed by atoms with van der Waals surface area (Å²) in [5.41, 5.74) is 3.30. The van der Waals surface area contributed by atoms with E-state index in [9.17, 15) is 4.79 Å². The third-order valence-electron chi connectivity index (χ3n) is 4.49. The Balaban J connectivity index is 1.49. The number of carbonyl (C=O) groups is 1. The summed E-state index contributed by atoms with van der Waals surface area (Å²) >= 11 is 0. The summed E-state index contributed by atoms with van der Waals surface area (Å²) in [5, 5.41) is 11.0. The number of carbonyl (C=O) groups excluding carboxylic acids is 1. The number of rotatable bonds is 5. The van der Waals surface area contributed by atoms with E-state index in [4.69, 9.17) is 5.10 Å². The van der Waals surface area contributed by atoms with Gasteiger partial charge in [0.05, 0.1) is 12.2 Å². The second kappa shape index (κ2) is 6.98. The van der Waals surface area contributed by atoms with Crippen LogP contribution < -0.4 is 10.6 Å². The highest BCUT2D eigenvalue weighted by Gasteiger charge is 2.24. The van der Waals surface area contributed by atoms with Crippen molar-refractivity contribution in [3.63, 3.8) is 0 Å². The van der Waals surface area contributed by atoms with Gasteiger partial charge < -0.3 is 10.6 Å². The zero-order valence-corrected chi connectivity index (χ0v) is 13.9. The summed E-state index contributed by atoms with van der Waals surface area (Å²) in [7, 11) is 0. The summed E-state index contributed by atoms with van der Waals surface area (Å²) in [5.74, 6) is 0.294. The quantitative estimate of drug-likeness (QED) is 0.734. The van der Waals surface area contributed by atoms with Crippen LogP contribution in [0.1, 0.15) is 28.4 Å². The lowest BCUT2D eigenvalue weighted by Gasteiger charge is -2.06. The fraction of sp³-hybridized carbons (Fsp3) is 0.333. The molecule has 7 heteroatoms. The highest BCUT2D eigenvalue weighted by molar-refractivity contribution is 5.94. The summed E-state index contributed by atoms with van der Waals surface area (Å²) in [4.78, 5) is 21.0. The minimum absolute atomic E-state index is 0.0802. The molecule has 2 N–H and O–H groups in total. The molecule has 0 radical (unpaired) electrons.